The normalized spacial score (nSPS) is 26.2. The molecule has 0 radical (unpaired) electrons. The minimum atomic E-state index is -1.53. The lowest BCUT2D eigenvalue weighted by Crippen LogP contribution is -2.24. The fraction of sp³-hybridized carbons (Fsp3) is 0.455. The minimum absolute atomic E-state index is 0.0561. The predicted molar refractivity (Wildman–Crippen MR) is 63.4 cm³/mol. The van der Waals surface area contributed by atoms with Crippen molar-refractivity contribution < 1.29 is 19.0 Å². The van der Waals surface area contributed by atoms with E-state index in [2.05, 4.69) is 15.0 Å². The molecule has 0 unspecified atom stereocenters. The molecular weight excluding hydrogens is 271 g/mol. The molecule has 0 bridgehead atoms. The Kier molecular flexibility index (Phi) is 3.07. The van der Waals surface area contributed by atoms with Crippen molar-refractivity contribution >= 4 is 17.2 Å². The molecule has 0 amide bonds. The maximum atomic E-state index is 12.9. The van der Waals surface area contributed by atoms with E-state index in [1.54, 1.807) is 0 Å². The van der Waals surface area contributed by atoms with Crippen LogP contribution in [0.2, 0.25) is 0 Å². The van der Waals surface area contributed by atoms with Crippen molar-refractivity contribution in [2.75, 3.05) is 6.61 Å². The van der Waals surface area contributed by atoms with Gasteiger partial charge in [-0.25, -0.2) is 9.97 Å². The van der Waals surface area contributed by atoms with Crippen LogP contribution in [0.4, 0.5) is 4.39 Å². The molecule has 20 heavy (non-hydrogen) atoms. The van der Waals surface area contributed by atoms with Crippen LogP contribution in [0.1, 0.15) is 12.6 Å². The number of H-pyrrole nitrogens is 1. The average Bonchev–Trinajstić information content (AvgIpc) is 3.02. The van der Waals surface area contributed by atoms with Crippen molar-refractivity contribution in [2.24, 2.45) is 5.92 Å². The molecule has 3 heterocycles. The third kappa shape index (κ3) is 1.91. The first kappa shape index (κ1) is 12.9. The second-order valence-electron chi connectivity index (χ2n) is 4.51. The van der Waals surface area contributed by atoms with Crippen LogP contribution in [0, 0.1) is 5.92 Å². The van der Waals surface area contributed by atoms with Crippen LogP contribution in [0.5, 0.6) is 0 Å². The number of aliphatic hydroxyl groups is 1. The number of halogens is 1. The fourth-order valence-corrected chi connectivity index (χ4v) is 2.38. The number of carbonyl (C=O) groups excluding carboxylic acids is 1. The summed E-state index contributed by atoms with van der Waals surface area (Å²) in [7, 11) is 0. The molecule has 1 aliphatic heterocycles. The van der Waals surface area contributed by atoms with Crippen molar-refractivity contribution in [3.8, 4) is 0 Å². The molecule has 0 saturated carbocycles. The van der Waals surface area contributed by atoms with Crippen LogP contribution in [0.15, 0.2) is 17.4 Å². The molecule has 2 N–H and O–H groups in total. The summed E-state index contributed by atoms with van der Waals surface area (Å²) in [5.41, 5.74) is 0.0117. The number of aliphatic hydroxyl groups excluding tert-OH is 1. The number of ether oxygens (including phenoxy) is 1. The first-order chi connectivity index (χ1) is 9.61. The number of nitrogens with one attached hydrogen (secondary N) is 1. The number of rotatable bonds is 3. The summed E-state index contributed by atoms with van der Waals surface area (Å²) in [4.78, 5) is 32.7. The molecule has 1 fully saturated rings. The van der Waals surface area contributed by atoms with Crippen LogP contribution in [-0.4, -0.2) is 43.4 Å². The number of aromatic nitrogens is 4. The van der Waals surface area contributed by atoms with Crippen molar-refractivity contribution in [1.29, 1.82) is 0 Å². The lowest BCUT2D eigenvalue weighted by atomic mass is 10.0. The third-order valence-corrected chi connectivity index (χ3v) is 3.38. The van der Waals surface area contributed by atoms with E-state index >= 15 is 0 Å². The van der Waals surface area contributed by atoms with Crippen LogP contribution in [0.25, 0.3) is 11.2 Å². The number of hydrogen-bond donors (Lipinski definition) is 2. The Morgan fingerprint density at radius 3 is 3.05 bits per heavy atom. The largest absolute Gasteiger partial charge is 0.394 e. The summed E-state index contributed by atoms with van der Waals surface area (Å²) in [6, 6.07) is -1.53. The number of imidazole rings is 1. The van der Waals surface area contributed by atoms with Gasteiger partial charge < -0.3 is 14.8 Å². The summed E-state index contributed by atoms with van der Waals surface area (Å²) >= 11 is 0. The Morgan fingerprint density at radius 2 is 2.40 bits per heavy atom. The highest BCUT2D eigenvalue weighted by molar-refractivity contribution is 5.72. The number of nitrogens with zero attached hydrogens (tertiary/aromatic N) is 3. The van der Waals surface area contributed by atoms with Crippen molar-refractivity contribution in [3.05, 3.63) is 23.0 Å². The van der Waals surface area contributed by atoms with Gasteiger partial charge in [-0.15, -0.1) is 0 Å². The number of hydrogen-bond acceptors (Lipinski definition) is 6. The van der Waals surface area contributed by atoms with Crippen LogP contribution in [0.3, 0.4) is 0 Å². The van der Waals surface area contributed by atoms with Crippen molar-refractivity contribution in [2.45, 2.75) is 18.8 Å². The molecule has 3 rings (SSSR count). The van der Waals surface area contributed by atoms with Crippen LogP contribution >= 0.6 is 0 Å². The van der Waals surface area contributed by atoms with Gasteiger partial charge >= 0.3 is 6.04 Å². The van der Waals surface area contributed by atoms with E-state index in [-0.39, 0.29) is 17.6 Å². The van der Waals surface area contributed by atoms with Gasteiger partial charge in [0.25, 0.3) is 5.56 Å². The summed E-state index contributed by atoms with van der Waals surface area (Å²) in [6.07, 6.45) is 1.02. The maximum Gasteiger partial charge on any atom is 0.307 e. The van der Waals surface area contributed by atoms with Gasteiger partial charge in [0.1, 0.15) is 6.23 Å². The zero-order valence-electron chi connectivity index (χ0n) is 10.2. The second-order valence-corrected chi connectivity index (χ2v) is 4.51. The molecule has 1 saturated heterocycles. The average molecular weight is 282 g/mol. The lowest BCUT2D eigenvalue weighted by Gasteiger charge is -2.13. The fourth-order valence-electron chi connectivity index (χ4n) is 2.38. The number of fused-ring (bicyclic) bond motifs is 1. The van der Waals surface area contributed by atoms with E-state index in [4.69, 9.17) is 9.84 Å². The first-order valence-corrected chi connectivity index (χ1v) is 5.97. The van der Waals surface area contributed by atoms with Gasteiger partial charge in [0.15, 0.2) is 11.2 Å². The molecule has 1 aliphatic rings. The van der Waals surface area contributed by atoms with Gasteiger partial charge in [0.2, 0.25) is 0 Å². The maximum absolute atomic E-state index is 12.9. The van der Waals surface area contributed by atoms with E-state index in [0.29, 0.717) is 0 Å². The van der Waals surface area contributed by atoms with E-state index in [0.717, 1.165) is 0 Å². The van der Waals surface area contributed by atoms with E-state index in [9.17, 15) is 14.0 Å². The Labute approximate surface area is 111 Å². The van der Waals surface area contributed by atoms with Gasteiger partial charge in [-0.05, 0) is 0 Å². The first-order valence-electron chi connectivity index (χ1n) is 5.97. The smallest absolute Gasteiger partial charge is 0.307 e. The van der Waals surface area contributed by atoms with E-state index in [1.807, 2.05) is 0 Å². The second kappa shape index (κ2) is 4.76. The zero-order chi connectivity index (χ0) is 14.3. The summed E-state index contributed by atoms with van der Waals surface area (Å²) in [5.74, 6) is -1.02. The predicted octanol–water partition coefficient (Wildman–Crippen LogP) is -0.488. The van der Waals surface area contributed by atoms with Gasteiger partial charge in [-0.3, -0.25) is 14.2 Å². The topological polar surface area (TPSA) is 110 Å². The van der Waals surface area contributed by atoms with Gasteiger partial charge in [0.05, 0.1) is 31.3 Å². The molecule has 0 aliphatic carbocycles. The summed E-state index contributed by atoms with van der Waals surface area (Å²) in [5, 5.41) is 9.12. The number of aromatic amines is 1. The Morgan fingerprint density at radius 1 is 1.60 bits per heavy atom. The molecule has 9 heteroatoms. The molecular formula is C11H11FN4O4. The molecule has 8 nitrogen and oxygen atoms in total. The standard InChI is InChI=1S/C11H11FN4O4/c12-9(18)5-1-7(20-6(5)2-17)16-4-15-8-10(16)13-3-14-11(8)19/h3-7,17H,1-2H2,(H,13,14,19)/t5-,6+,7+/m0/s1. The molecule has 2 aromatic rings. The quantitative estimate of drug-likeness (QED) is 0.735. The highest BCUT2D eigenvalue weighted by atomic mass is 19.1. The number of carbonyl (C=O) groups is 1. The zero-order valence-corrected chi connectivity index (χ0v) is 10.2. The molecule has 2 aromatic heterocycles. The molecule has 106 valence electrons. The molecule has 0 spiro atoms. The van der Waals surface area contributed by atoms with Gasteiger partial charge in [-0.2, -0.15) is 4.39 Å². The Bertz CT molecular complexity index is 712. The Hall–Kier alpha value is -2.13. The Balaban J connectivity index is 1.99. The SMILES string of the molecule is O=C(F)[C@H]1C[C@H](n2cnc3c(=O)[nH]cnc32)O[C@@H]1CO. The summed E-state index contributed by atoms with van der Waals surface area (Å²) < 4.78 is 19.8. The third-order valence-electron chi connectivity index (χ3n) is 3.38. The van der Waals surface area contributed by atoms with Crippen molar-refractivity contribution in [1.82, 2.24) is 19.5 Å². The minimum Gasteiger partial charge on any atom is -0.394 e. The summed E-state index contributed by atoms with van der Waals surface area (Å²) in [6.45, 7) is -0.461. The highest BCUT2D eigenvalue weighted by Crippen LogP contribution is 2.35. The van der Waals surface area contributed by atoms with Gasteiger partial charge in [-0.1, -0.05) is 0 Å². The highest BCUT2D eigenvalue weighted by Gasteiger charge is 2.41. The van der Waals surface area contributed by atoms with Crippen LogP contribution < -0.4 is 5.56 Å². The molecule has 3 atom stereocenters. The van der Waals surface area contributed by atoms with Gasteiger partial charge in [0, 0.05) is 6.42 Å². The van der Waals surface area contributed by atoms with E-state index < -0.39 is 36.5 Å². The lowest BCUT2D eigenvalue weighted by molar-refractivity contribution is -0.136. The van der Waals surface area contributed by atoms with Crippen molar-refractivity contribution in [3.63, 3.8) is 0 Å². The monoisotopic (exact) mass is 282 g/mol. The van der Waals surface area contributed by atoms with Crippen LogP contribution in [-0.2, 0) is 9.53 Å². The van der Waals surface area contributed by atoms with E-state index in [1.165, 1.54) is 17.2 Å². The molecule has 0 aromatic carbocycles.